The average molecular weight is 293 g/mol. The van der Waals surface area contributed by atoms with Gasteiger partial charge in [-0.05, 0) is 36.6 Å². The number of imidazole rings is 1. The molecule has 0 aliphatic heterocycles. The number of benzene rings is 1. The summed E-state index contributed by atoms with van der Waals surface area (Å²) in [5, 5.41) is 14.0. The Morgan fingerprint density at radius 3 is 2.95 bits per heavy atom. The zero-order chi connectivity index (χ0) is 15.5. The third kappa shape index (κ3) is 2.70. The Balaban J connectivity index is 2.00. The molecule has 22 heavy (non-hydrogen) atoms. The fourth-order valence-electron chi connectivity index (χ4n) is 2.11. The van der Waals surface area contributed by atoms with Crippen LogP contribution < -0.4 is 0 Å². The highest BCUT2D eigenvalue weighted by Crippen LogP contribution is 2.17. The summed E-state index contributed by atoms with van der Waals surface area (Å²) in [5.74, 6) is 6.18. The maximum Gasteiger partial charge on any atom is 0.180 e. The van der Waals surface area contributed by atoms with Gasteiger partial charge in [0, 0.05) is 24.4 Å². The van der Waals surface area contributed by atoms with Gasteiger partial charge >= 0.3 is 0 Å². The molecule has 5 nitrogen and oxygen atoms in total. The van der Waals surface area contributed by atoms with Gasteiger partial charge in [0.15, 0.2) is 11.9 Å². The van der Waals surface area contributed by atoms with E-state index in [4.69, 9.17) is 4.74 Å². The van der Waals surface area contributed by atoms with E-state index in [9.17, 15) is 5.11 Å². The van der Waals surface area contributed by atoms with Crippen LogP contribution in [0.25, 0.3) is 5.65 Å². The van der Waals surface area contributed by atoms with E-state index in [0.717, 1.165) is 16.8 Å². The van der Waals surface area contributed by atoms with Crippen molar-refractivity contribution in [1.29, 1.82) is 0 Å². The molecule has 0 saturated heterocycles. The van der Waals surface area contributed by atoms with E-state index in [2.05, 4.69) is 21.9 Å². The van der Waals surface area contributed by atoms with Crippen LogP contribution in [0.5, 0.6) is 0 Å². The molecule has 0 saturated carbocycles. The van der Waals surface area contributed by atoms with Crippen LogP contribution in [-0.4, -0.2) is 26.8 Å². The van der Waals surface area contributed by atoms with Gasteiger partial charge in [0.25, 0.3) is 0 Å². The Labute approximate surface area is 128 Å². The molecule has 1 N–H and O–H groups in total. The van der Waals surface area contributed by atoms with Crippen molar-refractivity contribution in [3.63, 3.8) is 0 Å². The largest absolute Gasteiger partial charge is 0.364 e. The van der Waals surface area contributed by atoms with Crippen LogP contribution >= 0.6 is 0 Å². The smallest absolute Gasteiger partial charge is 0.180 e. The van der Waals surface area contributed by atoms with Crippen LogP contribution in [0.1, 0.15) is 28.7 Å². The highest BCUT2D eigenvalue weighted by Gasteiger charge is 2.07. The molecule has 0 spiro atoms. The van der Waals surface area contributed by atoms with Gasteiger partial charge in [-0.3, -0.25) is 0 Å². The van der Waals surface area contributed by atoms with E-state index < -0.39 is 6.29 Å². The quantitative estimate of drug-likeness (QED) is 0.580. The normalized spacial score (nSPS) is 12.0. The first kappa shape index (κ1) is 14.3. The Kier molecular flexibility index (Phi) is 3.88. The summed E-state index contributed by atoms with van der Waals surface area (Å²) >= 11 is 0. The summed E-state index contributed by atoms with van der Waals surface area (Å²) in [7, 11) is 1.46. The van der Waals surface area contributed by atoms with Crippen LogP contribution in [-0.2, 0) is 4.74 Å². The molecule has 0 aliphatic carbocycles. The lowest BCUT2D eigenvalue weighted by Crippen LogP contribution is -2.00. The molecular weight excluding hydrogens is 278 g/mol. The van der Waals surface area contributed by atoms with Crippen molar-refractivity contribution in [3.8, 4) is 11.8 Å². The van der Waals surface area contributed by atoms with Gasteiger partial charge in [-0.2, -0.15) is 5.10 Å². The first-order valence-electron chi connectivity index (χ1n) is 6.81. The fraction of sp³-hybridized carbons (Fsp3) is 0.176. The maximum absolute atomic E-state index is 9.74. The second kappa shape index (κ2) is 5.98. The number of hydrogen-bond acceptors (Lipinski definition) is 4. The van der Waals surface area contributed by atoms with Crippen LogP contribution in [0.4, 0.5) is 0 Å². The van der Waals surface area contributed by atoms with Crippen molar-refractivity contribution < 1.29 is 9.84 Å². The van der Waals surface area contributed by atoms with Gasteiger partial charge < -0.3 is 9.84 Å². The minimum absolute atomic E-state index is 0.675. The van der Waals surface area contributed by atoms with Crippen LogP contribution in [0.2, 0.25) is 0 Å². The summed E-state index contributed by atoms with van der Waals surface area (Å²) in [5.41, 5.74) is 4.01. The summed E-state index contributed by atoms with van der Waals surface area (Å²) in [4.78, 5) is 4.25. The van der Waals surface area contributed by atoms with Gasteiger partial charge in [-0.1, -0.05) is 18.1 Å². The zero-order valence-corrected chi connectivity index (χ0v) is 12.3. The second-order valence-electron chi connectivity index (χ2n) is 4.85. The first-order valence-corrected chi connectivity index (χ1v) is 6.81. The Bertz CT molecular complexity index is 874. The standard InChI is InChI=1S/C17H15N3O2/c1-12-5-6-14(17(21)22-2)10-13(12)7-8-15-11-18-16-4-3-9-19-20(15)16/h3-6,9-11,17,21H,1-2H3. The molecule has 2 aromatic heterocycles. The molecule has 0 bridgehead atoms. The van der Waals surface area contributed by atoms with Crippen molar-refractivity contribution in [3.05, 3.63) is 65.1 Å². The van der Waals surface area contributed by atoms with Crippen molar-refractivity contribution in [2.75, 3.05) is 7.11 Å². The van der Waals surface area contributed by atoms with Crippen LogP contribution in [0.15, 0.2) is 42.7 Å². The molecule has 3 aromatic rings. The number of hydrogen-bond donors (Lipinski definition) is 1. The molecule has 5 heteroatoms. The molecule has 0 aliphatic rings. The predicted octanol–water partition coefficient (Wildman–Crippen LogP) is 2.07. The zero-order valence-electron chi connectivity index (χ0n) is 12.3. The van der Waals surface area contributed by atoms with Crippen molar-refractivity contribution in [1.82, 2.24) is 14.6 Å². The molecule has 110 valence electrons. The van der Waals surface area contributed by atoms with Crippen molar-refractivity contribution >= 4 is 5.65 Å². The van der Waals surface area contributed by atoms with E-state index in [1.165, 1.54) is 7.11 Å². The molecule has 2 heterocycles. The number of aromatic nitrogens is 3. The molecule has 0 amide bonds. The molecule has 0 fully saturated rings. The van der Waals surface area contributed by atoms with E-state index in [1.807, 2.05) is 37.3 Å². The third-order valence-corrected chi connectivity index (χ3v) is 3.37. The topological polar surface area (TPSA) is 59.7 Å². The summed E-state index contributed by atoms with van der Waals surface area (Å²) in [6, 6.07) is 9.27. The number of nitrogens with zero attached hydrogens (tertiary/aromatic N) is 3. The minimum Gasteiger partial charge on any atom is -0.364 e. The van der Waals surface area contributed by atoms with Crippen LogP contribution in [0, 0.1) is 18.8 Å². The summed E-state index contributed by atoms with van der Waals surface area (Å²) in [6.07, 6.45) is 2.44. The van der Waals surface area contributed by atoms with Crippen molar-refractivity contribution in [2.24, 2.45) is 0 Å². The number of aliphatic hydroxyl groups excluding tert-OH is 1. The van der Waals surface area contributed by atoms with Gasteiger partial charge in [-0.25, -0.2) is 9.50 Å². The number of methoxy groups -OCH3 is 1. The number of aryl methyl sites for hydroxylation is 1. The SMILES string of the molecule is COC(O)c1ccc(C)c(C#Cc2cnc3cccnn23)c1. The number of rotatable bonds is 2. The summed E-state index contributed by atoms with van der Waals surface area (Å²) < 4.78 is 6.61. The van der Waals surface area contributed by atoms with Crippen LogP contribution in [0.3, 0.4) is 0 Å². The second-order valence-corrected chi connectivity index (χ2v) is 4.85. The number of aliphatic hydroxyl groups is 1. The van der Waals surface area contributed by atoms with Gasteiger partial charge in [0.1, 0.15) is 5.69 Å². The summed E-state index contributed by atoms with van der Waals surface area (Å²) in [6.45, 7) is 1.97. The molecule has 3 rings (SSSR count). The monoisotopic (exact) mass is 293 g/mol. The Morgan fingerprint density at radius 2 is 2.14 bits per heavy atom. The lowest BCUT2D eigenvalue weighted by molar-refractivity contribution is -0.0769. The Morgan fingerprint density at radius 1 is 1.27 bits per heavy atom. The van der Waals surface area contributed by atoms with Gasteiger partial charge in [-0.15, -0.1) is 0 Å². The third-order valence-electron chi connectivity index (χ3n) is 3.37. The fourth-order valence-corrected chi connectivity index (χ4v) is 2.11. The lowest BCUT2D eigenvalue weighted by atomic mass is 10.0. The molecule has 1 unspecified atom stereocenters. The molecule has 1 aromatic carbocycles. The average Bonchev–Trinajstić information content (AvgIpc) is 2.96. The first-order chi connectivity index (χ1) is 10.7. The molecule has 1 atom stereocenters. The van der Waals surface area contributed by atoms with E-state index in [1.54, 1.807) is 16.9 Å². The lowest BCUT2D eigenvalue weighted by Gasteiger charge is -2.09. The highest BCUT2D eigenvalue weighted by atomic mass is 16.6. The van der Waals surface area contributed by atoms with Gasteiger partial charge in [0.05, 0.1) is 6.20 Å². The Hall–Kier alpha value is -2.68. The van der Waals surface area contributed by atoms with Crippen molar-refractivity contribution in [2.45, 2.75) is 13.2 Å². The van der Waals surface area contributed by atoms with E-state index in [-0.39, 0.29) is 0 Å². The predicted molar refractivity (Wildman–Crippen MR) is 82.1 cm³/mol. The minimum atomic E-state index is -0.946. The number of ether oxygens (including phenoxy) is 1. The van der Waals surface area contributed by atoms with Gasteiger partial charge in [0.2, 0.25) is 0 Å². The maximum atomic E-state index is 9.74. The molecule has 0 radical (unpaired) electrons. The highest BCUT2D eigenvalue weighted by molar-refractivity contribution is 5.49. The number of fused-ring (bicyclic) bond motifs is 1. The van der Waals surface area contributed by atoms with E-state index >= 15 is 0 Å². The molecular formula is C17H15N3O2. The van der Waals surface area contributed by atoms with E-state index in [0.29, 0.717) is 11.3 Å².